The van der Waals surface area contributed by atoms with Crippen molar-refractivity contribution in [1.82, 2.24) is 15.2 Å². The van der Waals surface area contributed by atoms with Crippen LogP contribution in [0, 0.1) is 0 Å². The molecule has 5 nitrogen and oxygen atoms in total. The first kappa shape index (κ1) is 14.2. The van der Waals surface area contributed by atoms with E-state index in [-0.39, 0.29) is 0 Å². The second kappa shape index (κ2) is 8.09. The summed E-state index contributed by atoms with van der Waals surface area (Å²) in [4.78, 5) is 4.38. The molecule has 0 aliphatic heterocycles. The number of hydrogen-bond acceptors (Lipinski definition) is 5. The predicted octanol–water partition coefficient (Wildman–Crippen LogP) is 2.74. The molecule has 0 aliphatic rings. The van der Waals surface area contributed by atoms with E-state index in [9.17, 15) is 0 Å². The van der Waals surface area contributed by atoms with Gasteiger partial charge in [-0.1, -0.05) is 43.7 Å². The van der Waals surface area contributed by atoms with E-state index in [0.29, 0.717) is 5.95 Å². The van der Waals surface area contributed by atoms with Gasteiger partial charge in [-0.3, -0.25) is 0 Å². The highest BCUT2D eigenvalue weighted by Crippen LogP contribution is 2.05. The van der Waals surface area contributed by atoms with Gasteiger partial charge in [-0.05, 0) is 18.4 Å². The number of anilines is 2. The minimum atomic E-state index is 0.586. The zero-order valence-electron chi connectivity index (χ0n) is 11.8. The quantitative estimate of drug-likeness (QED) is 0.723. The summed E-state index contributed by atoms with van der Waals surface area (Å²) in [5.41, 5.74) is 1.31. The van der Waals surface area contributed by atoms with Crippen LogP contribution in [-0.4, -0.2) is 28.3 Å². The van der Waals surface area contributed by atoms with Crippen LogP contribution in [0.1, 0.15) is 25.3 Å². The van der Waals surface area contributed by atoms with Crippen molar-refractivity contribution in [3.63, 3.8) is 0 Å². The van der Waals surface area contributed by atoms with Crippen LogP contribution in [0.15, 0.2) is 36.5 Å². The van der Waals surface area contributed by atoms with Crippen molar-refractivity contribution < 1.29 is 0 Å². The molecule has 0 bridgehead atoms. The Morgan fingerprint density at radius 3 is 2.70 bits per heavy atom. The average molecular weight is 271 g/mol. The van der Waals surface area contributed by atoms with Gasteiger partial charge in [0, 0.05) is 13.1 Å². The van der Waals surface area contributed by atoms with Crippen LogP contribution < -0.4 is 10.6 Å². The van der Waals surface area contributed by atoms with Crippen molar-refractivity contribution in [3.8, 4) is 0 Å². The molecule has 0 amide bonds. The number of rotatable bonds is 8. The van der Waals surface area contributed by atoms with Crippen molar-refractivity contribution >= 4 is 11.8 Å². The van der Waals surface area contributed by atoms with Gasteiger partial charge in [0.2, 0.25) is 5.95 Å². The Hall–Kier alpha value is -2.17. The highest BCUT2D eigenvalue weighted by atomic mass is 15.3. The molecule has 2 N–H and O–H groups in total. The maximum absolute atomic E-state index is 4.38. The Kier molecular flexibility index (Phi) is 5.76. The monoisotopic (exact) mass is 271 g/mol. The Morgan fingerprint density at radius 1 is 1.05 bits per heavy atom. The van der Waals surface area contributed by atoms with Crippen molar-refractivity contribution in [3.05, 3.63) is 42.1 Å². The SMILES string of the molecule is CCCCNc1nncc(NCCc2ccccc2)n1. The number of hydrogen-bond donors (Lipinski definition) is 2. The molecule has 20 heavy (non-hydrogen) atoms. The van der Waals surface area contributed by atoms with Gasteiger partial charge < -0.3 is 10.6 Å². The van der Waals surface area contributed by atoms with E-state index in [1.807, 2.05) is 6.07 Å². The third-order valence-electron chi connectivity index (χ3n) is 2.93. The topological polar surface area (TPSA) is 62.7 Å². The maximum Gasteiger partial charge on any atom is 0.244 e. The molecular weight excluding hydrogens is 250 g/mol. The van der Waals surface area contributed by atoms with Crippen LogP contribution in [0.2, 0.25) is 0 Å². The van der Waals surface area contributed by atoms with E-state index in [0.717, 1.165) is 38.2 Å². The number of nitrogens with one attached hydrogen (secondary N) is 2. The number of aromatic nitrogens is 3. The van der Waals surface area contributed by atoms with Crippen molar-refractivity contribution in [2.75, 3.05) is 23.7 Å². The number of nitrogens with zero attached hydrogens (tertiary/aromatic N) is 3. The first-order valence-corrected chi connectivity index (χ1v) is 7.10. The standard InChI is InChI=1S/C15H21N5/c1-2-3-10-17-15-19-14(12-18-20-15)16-11-9-13-7-5-4-6-8-13/h4-8,12H,2-3,9-11H2,1H3,(H2,16,17,19,20). The fourth-order valence-corrected chi connectivity index (χ4v) is 1.82. The zero-order chi connectivity index (χ0) is 14.0. The Bertz CT molecular complexity index is 501. The van der Waals surface area contributed by atoms with Gasteiger partial charge in [-0.25, -0.2) is 0 Å². The van der Waals surface area contributed by atoms with E-state index in [4.69, 9.17) is 0 Å². The summed E-state index contributed by atoms with van der Waals surface area (Å²) in [6, 6.07) is 10.4. The Labute approximate surface area is 119 Å². The molecule has 106 valence electrons. The number of unbranched alkanes of at least 4 members (excludes halogenated alkanes) is 1. The van der Waals surface area contributed by atoms with E-state index >= 15 is 0 Å². The van der Waals surface area contributed by atoms with Crippen molar-refractivity contribution in [2.45, 2.75) is 26.2 Å². The molecule has 1 aromatic heterocycles. The summed E-state index contributed by atoms with van der Waals surface area (Å²) in [7, 11) is 0. The fourth-order valence-electron chi connectivity index (χ4n) is 1.82. The Morgan fingerprint density at radius 2 is 1.90 bits per heavy atom. The minimum absolute atomic E-state index is 0.586. The van der Waals surface area contributed by atoms with Gasteiger partial charge in [-0.15, -0.1) is 5.10 Å². The molecule has 0 radical (unpaired) electrons. The van der Waals surface area contributed by atoms with E-state index < -0.39 is 0 Å². The fraction of sp³-hybridized carbons (Fsp3) is 0.400. The lowest BCUT2D eigenvalue weighted by Gasteiger charge is -2.07. The van der Waals surface area contributed by atoms with E-state index in [2.05, 4.69) is 57.0 Å². The number of benzene rings is 1. The summed E-state index contributed by atoms with van der Waals surface area (Å²) in [5, 5.41) is 14.4. The molecule has 0 saturated heterocycles. The molecule has 0 atom stereocenters. The van der Waals surface area contributed by atoms with Gasteiger partial charge in [0.25, 0.3) is 0 Å². The molecule has 2 aromatic rings. The second-order valence-electron chi connectivity index (χ2n) is 4.61. The average Bonchev–Trinajstić information content (AvgIpc) is 2.49. The van der Waals surface area contributed by atoms with Gasteiger partial charge >= 0.3 is 0 Å². The third kappa shape index (κ3) is 4.84. The molecule has 2 rings (SSSR count). The van der Waals surface area contributed by atoms with Gasteiger partial charge in [0.1, 0.15) is 0 Å². The van der Waals surface area contributed by atoms with Crippen LogP contribution in [0.3, 0.4) is 0 Å². The van der Waals surface area contributed by atoms with Gasteiger partial charge in [-0.2, -0.15) is 10.1 Å². The minimum Gasteiger partial charge on any atom is -0.368 e. The molecule has 0 saturated carbocycles. The molecule has 0 aliphatic carbocycles. The van der Waals surface area contributed by atoms with Crippen LogP contribution in [0.25, 0.3) is 0 Å². The summed E-state index contributed by atoms with van der Waals surface area (Å²) >= 11 is 0. The molecule has 0 spiro atoms. The summed E-state index contributed by atoms with van der Waals surface area (Å²) in [5.74, 6) is 1.35. The van der Waals surface area contributed by atoms with Crippen LogP contribution in [-0.2, 0) is 6.42 Å². The van der Waals surface area contributed by atoms with Crippen molar-refractivity contribution in [1.29, 1.82) is 0 Å². The lowest BCUT2D eigenvalue weighted by Crippen LogP contribution is -2.10. The van der Waals surface area contributed by atoms with Crippen LogP contribution in [0.5, 0.6) is 0 Å². The molecule has 1 heterocycles. The summed E-state index contributed by atoms with van der Waals surface area (Å²) < 4.78 is 0. The zero-order valence-corrected chi connectivity index (χ0v) is 11.8. The molecule has 0 unspecified atom stereocenters. The highest BCUT2D eigenvalue weighted by Gasteiger charge is 1.99. The van der Waals surface area contributed by atoms with E-state index in [1.165, 1.54) is 5.56 Å². The largest absolute Gasteiger partial charge is 0.368 e. The third-order valence-corrected chi connectivity index (χ3v) is 2.93. The van der Waals surface area contributed by atoms with Crippen LogP contribution >= 0.6 is 0 Å². The lowest BCUT2D eigenvalue weighted by molar-refractivity contribution is 0.818. The molecule has 5 heteroatoms. The summed E-state index contributed by atoms with van der Waals surface area (Å²) in [6.45, 7) is 3.87. The smallest absolute Gasteiger partial charge is 0.244 e. The van der Waals surface area contributed by atoms with Gasteiger partial charge in [0.05, 0.1) is 6.20 Å². The molecule has 1 aromatic carbocycles. The first-order chi connectivity index (χ1) is 9.88. The molecule has 0 fully saturated rings. The maximum atomic E-state index is 4.38. The van der Waals surface area contributed by atoms with Crippen LogP contribution in [0.4, 0.5) is 11.8 Å². The lowest BCUT2D eigenvalue weighted by atomic mass is 10.1. The molecular formula is C15H21N5. The van der Waals surface area contributed by atoms with E-state index in [1.54, 1.807) is 6.20 Å². The normalized spacial score (nSPS) is 10.2. The first-order valence-electron chi connectivity index (χ1n) is 7.10. The van der Waals surface area contributed by atoms with Gasteiger partial charge in [0.15, 0.2) is 5.82 Å². The Balaban J connectivity index is 1.79. The highest BCUT2D eigenvalue weighted by molar-refractivity contribution is 5.37. The van der Waals surface area contributed by atoms with Crippen molar-refractivity contribution in [2.24, 2.45) is 0 Å². The predicted molar refractivity (Wildman–Crippen MR) is 81.9 cm³/mol. The second-order valence-corrected chi connectivity index (χ2v) is 4.61. The summed E-state index contributed by atoms with van der Waals surface area (Å²) in [6.07, 6.45) is 4.86.